The van der Waals surface area contributed by atoms with Gasteiger partial charge in [-0.05, 0) is 37.0 Å². The third kappa shape index (κ3) is 7.11. The van der Waals surface area contributed by atoms with Crippen molar-refractivity contribution in [3.63, 3.8) is 0 Å². The maximum Gasteiger partial charge on any atom is 0.200 e. The van der Waals surface area contributed by atoms with Crippen LogP contribution in [-0.2, 0) is 6.54 Å². The monoisotopic (exact) mass is 351 g/mol. The van der Waals surface area contributed by atoms with Crippen molar-refractivity contribution in [3.8, 4) is 17.2 Å². The van der Waals surface area contributed by atoms with Crippen molar-refractivity contribution >= 4 is 5.96 Å². The fraction of sp³-hybridized carbons (Fsp3) is 0.632. The summed E-state index contributed by atoms with van der Waals surface area (Å²) in [4.78, 5) is 4.27. The second kappa shape index (κ2) is 10.7. The van der Waals surface area contributed by atoms with Crippen molar-refractivity contribution in [2.45, 2.75) is 52.6 Å². The number of hydrogen-bond donors (Lipinski definition) is 3. The number of aromatic hydroxyl groups is 1. The number of benzene rings is 1. The summed E-state index contributed by atoms with van der Waals surface area (Å²) in [5.41, 5.74) is 0.932. The quantitative estimate of drug-likeness (QED) is 0.470. The van der Waals surface area contributed by atoms with E-state index in [-0.39, 0.29) is 5.75 Å². The van der Waals surface area contributed by atoms with Gasteiger partial charge in [0.2, 0.25) is 5.75 Å². The predicted molar refractivity (Wildman–Crippen MR) is 103 cm³/mol. The Morgan fingerprint density at radius 1 is 1.12 bits per heavy atom. The van der Waals surface area contributed by atoms with E-state index in [2.05, 4.69) is 36.4 Å². The van der Waals surface area contributed by atoms with Gasteiger partial charge in [0.15, 0.2) is 17.5 Å². The summed E-state index contributed by atoms with van der Waals surface area (Å²) < 4.78 is 10.4. The summed E-state index contributed by atoms with van der Waals surface area (Å²) in [6.45, 7) is 7.21. The van der Waals surface area contributed by atoms with Gasteiger partial charge in [0, 0.05) is 19.6 Å². The molecule has 1 atom stereocenters. The van der Waals surface area contributed by atoms with Gasteiger partial charge in [0.05, 0.1) is 14.2 Å². The molecule has 142 valence electrons. The molecule has 0 spiro atoms. The maximum absolute atomic E-state index is 9.97. The fourth-order valence-electron chi connectivity index (χ4n) is 2.57. The van der Waals surface area contributed by atoms with Crippen LogP contribution in [0.25, 0.3) is 0 Å². The van der Waals surface area contributed by atoms with Crippen LogP contribution in [0, 0.1) is 5.92 Å². The molecule has 3 N–H and O–H groups in total. The lowest BCUT2D eigenvalue weighted by atomic mass is 10.0. The molecule has 1 aromatic carbocycles. The van der Waals surface area contributed by atoms with Crippen LogP contribution in [-0.4, -0.2) is 38.4 Å². The zero-order chi connectivity index (χ0) is 18.8. The molecule has 0 saturated heterocycles. The molecule has 0 bridgehead atoms. The van der Waals surface area contributed by atoms with Gasteiger partial charge in [-0.25, -0.2) is 0 Å². The molecule has 6 nitrogen and oxygen atoms in total. The molecule has 0 amide bonds. The Hall–Kier alpha value is -2.11. The Morgan fingerprint density at radius 3 is 2.20 bits per heavy atom. The number of guanidine groups is 1. The Bertz CT molecular complexity index is 534. The van der Waals surface area contributed by atoms with Crippen LogP contribution in [0.1, 0.15) is 45.6 Å². The van der Waals surface area contributed by atoms with Gasteiger partial charge in [0.25, 0.3) is 0 Å². The number of ether oxygens (including phenoxy) is 2. The molecule has 0 radical (unpaired) electrons. The third-order valence-corrected chi connectivity index (χ3v) is 4.02. The molecular weight excluding hydrogens is 318 g/mol. The maximum atomic E-state index is 9.97. The first-order valence-electron chi connectivity index (χ1n) is 8.82. The van der Waals surface area contributed by atoms with Crippen molar-refractivity contribution < 1.29 is 14.6 Å². The zero-order valence-electron chi connectivity index (χ0n) is 16.3. The van der Waals surface area contributed by atoms with E-state index in [9.17, 15) is 5.11 Å². The van der Waals surface area contributed by atoms with Crippen molar-refractivity contribution in [1.29, 1.82) is 0 Å². The van der Waals surface area contributed by atoms with Crippen molar-refractivity contribution in [2.24, 2.45) is 10.9 Å². The van der Waals surface area contributed by atoms with Crippen LogP contribution in [0.15, 0.2) is 17.1 Å². The van der Waals surface area contributed by atoms with Crippen molar-refractivity contribution in [2.75, 3.05) is 21.3 Å². The molecule has 0 saturated carbocycles. The van der Waals surface area contributed by atoms with Gasteiger partial charge < -0.3 is 25.2 Å². The van der Waals surface area contributed by atoms with Crippen molar-refractivity contribution in [1.82, 2.24) is 10.6 Å². The summed E-state index contributed by atoms with van der Waals surface area (Å²) in [7, 11) is 4.80. The van der Waals surface area contributed by atoms with E-state index < -0.39 is 0 Å². The van der Waals surface area contributed by atoms with Gasteiger partial charge >= 0.3 is 0 Å². The topological polar surface area (TPSA) is 75.1 Å². The highest BCUT2D eigenvalue weighted by Crippen LogP contribution is 2.36. The van der Waals surface area contributed by atoms with Crippen LogP contribution in [0.3, 0.4) is 0 Å². The SMILES string of the molecule is CN=C(NCc1cc(OC)c(O)c(OC)c1)NC(C)CCCC(C)C. The number of phenolic OH excluding ortho intramolecular Hbond substituents is 1. The van der Waals surface area contributed by atoms with Crippen LogP contribution in [0.5, 0.6) is 17.2 Å². The van der Waals surface area contributed by atoms with E-state index in [1.165, 1.54) is 27.1 Å². The number of hydrogen-bond acceptors (Lipinski definition) is 4. The fourth-order valence-corrected chi connectivity index (χ4v) is 2.57. The van der Waals surface area contributed by atoms with E-state index in [1.54, 1.807) is 19.2 Å². The lowest BCUT2D eigenvalue weighted by molar-refractivity contribution is 0.339. The van der Waals surface area contributed by atoms with E-state index in [1.807, 2.05) is 0 Å². The van der Waals surface area contributed by atoms with Gasteiger partial charge in [-0.2, -0.15) is 0 Å². The summed E-state index contributed by atoms with van der Waals surface area (Å²) in [6.07, 6.45) is 3.56. The molecule has 1 aromatic rings. The summed E-state index contributed by atoms with van der Waals surface area (Å²) in [6, 6.07) is 3.92. The summed E-state index contributed by atoms with van der Waals surface area (Å²) in [5, 5.41) is 16.7. The Morgan fingerprint density at radius 2 is 1.72 bits per heavy atom. The molecule has 1 unspecified atom stereocenters. The first kappa shape index (κ1) is 20.9. The Labute approximate surface area is 151 Å². The molecule has 0 aliphatic heterocycles. The van der Waals surface area contributed by atoms with E-state index >= 15 is 0 Å². The van der Waals surface area contributed by atoms with Gasteiger partial charge in [-0.15, -0.1) is 0 Å². The number of nitrogens with zero attached hydrogens (tertiary/aromatic N) is 1. The minimum atomic E-state index is 0.00929. The molecule has 25 heavy (non-hydrogen) atoms. The number of methoxy groups -OCH3 is 2. The zero-order valence-corrected chi connectivity index (χ0v) is 16.3. The number of nitrogens with one attached hydrogen (secondary N) is 2. The highest BCUT2D eigenvalue weighted by molar-refractivity contribution is 5.79. The highest BCUT2D eigenvalue weighted by Gasteiger charge is 2.12. The van der Waals surface area contributed by atoms with E-state index in [0.717, 1.165) is 23.9 Å². The Balaban J connectivity index is 2.60. The smallest absolute Gasteiger partial charge is 0.200 e. The van der Waals surface area contributed by atoms with E-state index in [0.29, 0.717) is 24.1 Å². The van der Waals surface area contributed by atoms with E-state index in [4.69, 9.17) is 9.47 Å². The standard InChI is InChI=1S/C19H33N3O3/c1-13(2)8-7-9-14(3)22-19(20-4)21-12-15-10-16(24-5)18(23)17(11-15)25-6/h10-11,13-14,23H,7-9,12H2,1-6H3,(H2,20,21,22). The molecule has 0 heterocycles. The van der Waals surface area contributed by atoms with Crippen LogP contribution in [0.2, 0.25) is 0 Å². The van der Waals surface area contributed by atoms with Crippen LogP contribution in [0.4, 0.5) is 0 Å². The van der Waals surface area contributed by atoms with Gasteiger partial charge in [-0.3, -0.25) is 4.99 Å². The third-order valence-electron chi connectivity index (χ3n) is 4.02. The molecule has 1 rings (SSSR count). The minimum Gasteiger partial charge on any atom is -0.502 e. The first-order chi connectivity index (χ1) is 11.9. The highest BCUT2D eigenvalue weighted by atomic mass is 16.5. The van der Waals surface area contributed by atoms with Crippen LogP contribution < -0.4 is 20.1 Å². The largest absolute Gasteiger partial charge is 0.502 e. The number of phenols is 1. The Kier molecular flexibility index (Phi) is 8.95. The lowest BCUT2D eigenvalue weighted by Gasteiger charge is -2.19. The molecule has 0 aliphatic rings. The first-order valence-corrected chi connectivity index (χ1v) is 8.82. The average Bonchev–Trinajstić information content (AvgIpc) is 2.58. The molecule has 0 fully saturated rings. The summed E-state index contributed by atoms with van der Waals surface area (Å²) >= 11 is 0. The summed E-state index contributed by atoms with van der Waals surface area (Å²) in [5.74, 6) is 2.28. The number of rotatable bonds is 9. The second-order valence-corrected chi connectivity index (χ2v) is 6.64. The van der Waals surface area contributed by atoms with Crippen LogP contribution >= 0.6 is 0 Å². The molecule has 0 aromatic heterocycles. The average molecular weight is 351 g/mol. The predicted octanol–water partition coefficient (Wildman–Crippen LogP) is 3.29. The number of aliphatic imine (C=N–C) groups is 1. The van der Waals surface area contributed by atoms with Gasteiger partial charge in [-0.1, -0.05) is 26.7 Å². The second-order valence-electron chi connectivity index (χ2n) is 6.64. The molecule has 0 aliphatic carbocycles. The lowest BCUT2D eigenvalue weighted by Crippen LogP contribution is -2.41. The van der Waals surface area contributed by atoms with Gasteiger partial charge in [0.1, 0.15) is 0 Å². The molecular formula is C19H33N3O3. The minimum absolute atomic E-state index is 0.00929. The van der Waals surface area contributed by atoms with Crippen molar-refractivity contribution in [3.05, 3.63) is 17.7 Å². The molecule has 6 heteroatoms. The normalized spacial score (nSPS) is 12.8.